The van der Waals surface area contributed by atoms with Crippen molar-refractivity contribution in [1.82, 2.24) is 0 Å². The molecule has 0 fully saturated rings. The number of anilines is 2. The third-order valence-corrected chi connectivity index (χ3v) is 2.74. The van der Waals surface area contributed by atoms with Crippen molar-refractivity contribution >= 4 is 17.3 Å². The number of guanidine groups is 1. The van der Waals surface area contributed by atoms with Gasteiger partial charge >= 0.3 is 5.96 Å². The Hall–Kier alpha value is -2.01. The fourth-order valence-corrected chi connectivity index (χ4v) is 1.44. The van der Waals surface area contributed by atoms with Crippen LogP contribution in [0.2, 0.25) is 0 Å². The Labute approximate surface area is 109 Å². The van der Waals surface area contributed by atoms with Crippen molar-refractivity contribution in [2.45, 2.75) is 0 Å². The number of hydrogen-bond acceptors (Lipinski definition) is 3. The van der Waals surface area contributed by atoms with E-state index in [1.165, 1.54) is 5.69 Å². The van der Waals surface area contributed by atoms with Crippen LogP contribution >= 0.6 is 0 Å². The lowest BCUT2D eigenvalue weighted by Crippen LogP contribution is -3.08. The van der Waals surface area contributed by atoms with E-state index in [9.17, 15) is 0 Å². The van der Waals surface area contributed by atoms with Gasteiger partial charge in [0.15, 0.2) is 0 Å². The van der Waals surface area contributed by atoms with E-state index in [0.29, 0.717) is 0 Å². The highest BCUT2D eigenvalue weighted by molar-refractivity contribution is 5.64. The molecule has 1 unspecified atom stereocenters. The first-order chi connectivity index (χ1) is 8.41. The van der Waals surface area contributed by atoms with Gasteiger partial charge < -0.3 is 10.6 Å². The predicted octanol–water partition coefficient (Wildman–Crippen LogP) is -0.722. The van der Waals surface area contributed by atoms with Gasteiger partial charge in [-0.15, -0.1) is 0 Å². The highest BCUT2D eigenvalue weighted by atomic mass is 15.3. The topological polar surface area (TPSA) is 62.7 Å². The number of nitrogen functional groups attached to an aromatic ring is 1. The van der Waals surface area contributed by atoms with Crippen molar-refractivity contribution in [2.75, 3.05) is 38.8 Å². The summed E-state index contributed by atoms with van der Waals surface area (Å²) < 4.78 is 1.90. The first-order valence-corrected chi connectivity index (χ1v) is 5.82. The molecule has 1 aliphatic heterocycles. The molecule has 98 valence electrons. The Morgan fingerprint density at radius 2 is 1.67 bits per heavy atom. The first kappa shape index (κ1) is 14.1. The van der Waals surface area contributed by atoms with E-state index < -0.39 is 0 Å². The maximum absolute atomic E-state index is 5.56. The van der Waals surface area contributed by atoms with Gasteiger partial charge in [0.05, 0.1) is 14.1 Å². The van der Waals surface area contributed by atoms with E-state index in [1.807, 2.05) is 74.3 Å². The normalized spacial score (nSPS) is 17.4. The zero-order valence-corrected chi connectivity index (χ0v) is 11.5. The number of rotatable bonds is 1. The molecule has 0 aromatic heterocycles. The van der Waals surface area contributed by atoms with Crippen molar-refractivity contribution < 1.29 is 9.48 Å². The molecular weight excluding hydrogens is 226 g/mol. The van der Waals surface area contributed by atoms with Crippen LogP contribution in [0, 0.1) is 0 Å². The molecule has 5 heteroatoms. The van der Waals surface area contributed by atoms with Gasteiger partial charge in [-0.2, -0.15) is 4.58 Å². The fourth-order valence-electron chi connectivity index (χ4n) is 1.44. The number of nitrogens with one attached hydrogen (secondary N) is 1. The summed E-state index contributed by atoms with van der Waals surface area (Å²) in [5.74, 6) is 0.852. The van der Waals surface area contributed by atoms with Crippen LogP contribution in [0.1, 0.15) is 0 Å². The minimum atomic E-state index is 0.811. The van der Waals surface area contributed by atoms with E-state index in [2.05, 4.69) is 0 Å². The van der Waals surface area contributed by atoms with Crippen molar-refractivity contribution in [3.63, 3.8) is 0 Å². The summed E-state index contributed by atoms with van der Waals surface area (Å²) >= 11 is 0. The molecule has 1 aliphatic rings. The maximum atomic E-state index is 5.56. The van der Waals surface area contributed by atoms with E-state index >= 15 is 0 Å². The number of nitrogens with two attached hydrogens (primary N) is 2. The van der Waals surface area contributed by atoms with E-state index in [-0.39, 0.29) is 0 Å². The predicted molar refractivity (Wildman–Crippen MR) is 76.6 cm³/mol. The zero-order chi connectivity index (χ0) is 13.7. The van der Waals surface area contributed by atoms with Gasteiger partial charge in [-0.1, -0.05) is 0 Å². The SMILES string of the molecule is CN(C)c1ccc(N)cc1.C[N+]1=C(N)[NH+](C)C=C1. The van der Waals surface area contributed by atoms with Crippen LogP contribution in [-0.2, 0) is 0 Å². The smallest absolute Gasteiger partial charge is 0.399 e. The molecule has 5 N–H and O–H groups in total. The second-order valence-corrected chi connectivity index (χ2v) is 4.48. The summed E-state index contributed by atoms with van der Waals surface area (Å²) in [4.78, 5) is 3.19. The molecule has 1 aromatic rings. The Bertz CT molecular complexity index is 445. The number of hydrogen-bond donors (Lipinski definition) is 3. The van der Waals surface area contributed by atoms with Crippen LogP contribution in [0.25, 0.3) is 0 Å². The van der Waals surface area contributed by atoms with Crippen molar-refractivity contribution in [3.05, 3.63) is 36.7 Å². The summed E-state index contributed by atoms with van der Waals surface area (Å²) in [5.41, 5.74) is 13.1. The molecule has 0 amide bonds. The lowest BCUT2D eigenvalue weighted by molar-refractivity contribution is -0.735. The Balaban J connectivity index is 0.000000184. The molecular formula is C13H23N5+2. The second kappa shape index (κ2) is 6.07. The van der Waals surface area contributed by atoms with Gasteiger partial charge in [0, 0.05) is 25.5 Å². The molecule has 0 spiro atoms. The second-order valence-electron chi connectivity index (χ2n) is 4.48. The molecule has 2 rings (SSSR count). The van der Waals surface area contributed by atoms with Crippen LogP contribution in [0.4, 0.5) is 11.4 Å². The molecule has 0 radical (unpaired) electrons. The van der Waals surface area contributed by atoms with Crippen LogP contribution in [-0.4, -0.2) is 38.7 Å². The largest absolute Gasteiger partial charge is 0.449 e. The lowest BCUT2D eigenvalue weighted by Gasteiger charge is -2.11. The molecule has 0 saturated heterocycles. The summed E-state index contributed by atoms with van der Waals surface area (Å²) in [7, 11) is 7.94. The summed E-state index contributed by atoms with van der Waals surface area (Å²) in [5, 5.41) is 0. The Morgan fingerprint density at radius 3 is 1.94 bits per heavy atom. The Morgan fingerprint density at radius 1 is 1.11 bits per heavy atom. The van der Waals surface area contributed by atoms with Crippen molar-refractivity contribution in [3.8, 4) is 0 Å². The number of quaternary nitrogens is 1. The third kappa shape index (κ3) is 3.78. The van der Waals surface area contributed by atoms with Crippen LogP contribution in [0.15, 0.2) is 36.7 Å². The minimum Gasteiger partial charge on any atom is -0.399 e. The van der Waals surface area contributed by atoms with Crippen LogP contribution in [0.3, 0.4) is 0 Å². The first-order valence-electron chi connectivity index (χ1n) is 5.82. The van der Waals surface area contributed by atoms with Gasteiger partial charge in [0.1, 0.15) is 12.4 Å². The monoisotopic (exact) mass is 249 g/mol. The van der Waals surface area contributed by atoms with E-state index in [0.717, 1.165) is 16.5 Å². The zero-order valence-electron chi connectivity index (χ0n) is 11.5. The average Bonchev–Trinajstić information content (AvgIpc) is 2.62. The molecule has 5 nitrogen and oxygen atoms in total. The molecule has 1 atom stereocenters. The molecule has 1 heterocycles. The van der Waals surface area contributed by atoms with Gasteiger partial charge in [-0.3, -0.25) is 0 Å². The average molecular weight is 249 g/mol. The minimum absolute atomic E-state index is 0.811. The maximum Gasteiger partial charge on any atom is 0.449 e. The number of benzene rings is 1. The van der Waals surface area contributed by atoms with Crippen molar-refractivity contribution in [1.29, 1.82) is 0 Å². The molecule has 0 aliphatic carbocycles. The third-order valence-electron chi connectivity index (χ3n) is 2.74. The summed E-state index contributed by atoms with van der Waals surface area (Å²) in [6.45, 7) is 0. The van der Waals surface area contributed by atoms with E-state index in [4.69, 9.17) is 11.5 Å². The quantitative estimate of drug-likeness (QED) is 0.454. The summed E-state index contributed by atoms with van der Waals surface area (Å²) in [6, 6.07) is 7.79. The molecule has 0 saturated carbocycles. The van der Waals surface area contributed by atoms with Crippen LogP contribution in [0.5, 0.6) is 0 Å². The Kier molecular flexibility index (Phi) is 4.74. The fraction of sp³-hybridized carbons (Fsp3) is 0.308. The van der Waals surface area contributed by atoms with Crippen LogP contribution < -0.4 is 21.3 Å². The van der Waals surface area contributed by atoms with Gasteiger partial charge in [0.2, 0.25) is 0 Å². The van der Waals surface area contributed by atoms with Crippen molar-refractivity contribution in [2.24, 2.45) is 5.73 Å². The highest BCUT2D eigenvalue weighted by Crippen LogP contribution is 2.12. The van der Waals surface area contributed by atoms with Gasteiger partial charge in [-0.05, 0) is 24.3 Å². The molecule has 0 bridgehead atoms. The van der Waals surface area contributed by atoms with E-state index in [1.54, 1.807) is 0 Å². The molecule has 1 aromatic carbocycles. The molecule has 18 heavy (non-hydrogen) atoms. The van der Waals surface area contributed by atoms with Gasteiger partial charge in [0.25, 0.3) is 0 Å². The number of nitrogens with zero attached hydrogens (tertiary/aromatic N) is 2. The standard InChI is InChI=1S/C8H12N2.C5H9N3/c1-10(2)8-5-3-7(9)4-6-8;1-7-3-4-8(2)5(7)6/h3-6H,9H2,1-2H3;3-4,6H,1-2H3/p+2. The highest BCUT2D eigenvalue weighted by Gasteiger charge is 2.18. The lowest BCUT2D eigenvalue weighted by atomic mass is 10.3. The van der Waals surface area contributed by atoms with Gasteiger partial charge in [-0.25, -0.2) is 10.6 Å². The summed E-state index contributed by atoms with van der Waals surface area (Å²) in [6.07, 6.45) is 3.94.